The number of morpholine rings is 1. The molecule has 3 N–H and O–H groups in total. The van der Waals surface area contributed by atoms with Gasteiger partial charge in [0.25, 0.3) is 0 Å². The van der Waals surface area contributed by atoms with Crippen LogP contribution in [0.2, 0.25) is 0 Å². The number of aliphatic imine (C=N–C) groups is 1. The molecule has 7 nitrogen and oxygen atoms in total. The Morgan fingerprint density at radius 2 is 2.08 bits per heavy atom. The maximum absolute atomic E-state index is 12.1. The van der Waals surface area contributed by atoms with Crippen LogP contribution in [0.1, 0.15) is 12.5 Å². The monoisotopic (exact) mass is 468 g/mol. The van der Waals surface area contributed by atoms with E-state index in [9.17, 15) is 8.42 Å². The second kappa shape index (κ2) is 10.2. The van der Waals surface area contributed by atoms with Crippen LogP contribution in [-0.2, 0) is 21.2 Å². The first kappa shape index (κ1) is 21.1. The number of nitrogens with two attached hydrogens (primary N) is 1. The highest BCUT2D eigenvalue weighted by Gasteiger charge is 2.23. The fourth-order valence-corrected chi connectivity index (χ4v) is 3.58. The van der Waals surface area contributed by atoms with E-state index in [0.717, 1.165) is 12.1 Å². The molecule has 0 spiro atoms. The fraction of sp³-hybridized carbons (Fsp3) is 0.533. The molecule has 0 amide bonds. The number of sulfonamides is 1. The summed E-state index contributed by atoms with van der Waals surface area (Å²) in [7, 11) is -3.30. The highest BCUT2D eigenvalue weighted by molar-refractivity contribution is 14.0. The SMILES string of the molecule is CCc1cccc(NC(N)=NCCS(=O)(=O)N2CCOCC2)c1.I. The molecule has 1 aromatic carbocycles. The van der Waals surface area contributed by atoms with Gasteiger partial charge in [0.15, 0.2) is 5.96 Å². The average Bonchev–Trinajstić information content (AvgIpc) is 2.55. The number of nitrogens with zero attached hydrogens (tertiary/aromatic N) is 2. The number of aryl methyl sites for hydroxylation is 1. The predicted octanol–water partition coefficient (Wildman–Crippen LogP) is 1.26. The summed E-state index contributed by atoms with van der Waals surface area (Å²) in [6.07, 6.45) is 0.935. The van der Waals surface area contributed by atoms with Crippen LogP contribution in [0.4, 0.5) is 5.69 Å². The van der Waals surface area contributed by atoms with Crippen molar-refractivity contribution in [3.05, 3.63) is 29.8 Å². The van der Waals surface area contributed by atoms with Gasteiger partial charge >= 0.3 is 0 Å². The highest BCUT2D eigenvalue weighted by Crippen LogP contribution is 2.10. The predicted molar refractivity (Wildman–Crippen MR) is 108 cm³/mol. The molecule has 136 valence electrons. The smallest absolute Gasteiger partial charge is 0.216 e. The number of rotatable bonds is 6. The molecule has 0 radical (unpaired) electrons. The van der Waals surface area contributed by atoms with Gasteiger partial charge in [-0.15, -0.1) is 24.0 Å². The number of nitrogens with one attached hydrogen (secondary N) is 1. The zero-order chi connectivity index (χ0) is 16.7. The minimum atomic E-state index is -3.30. The Hall–Kier alpha value is -0.910. The molecule has 0 unspecified atom stereocenters. The summed E-state index contributed by atoms with van der Waals surface area (Å²) in [5.74, 6) is 0.167. The van der Waals surface area contributed by atoms with E-state index in [1.165, 1.54) is 9.87 Å². The summed E-state index contributed by atoms with van der Waals surface area (Å²) in [6.45, 7) is 3.91. The fourth-order valence-electron chi connectivity index (χ4n) is 2.29. The van der Waals surface area contributed by atoms with Crippen LogP contribution in [0.5, 0.6) is 0 Å². The van der Waals surface area contributed by atoms with Gasteiger partial charge in [-0.3, -0.25) is 4.99 Å². The zero-order valence-corrected chi connectivity index (χ0v) is 16.9. The van der Waals surface area contributed by atoms with E-state index < -0.39 is 10.0 Å². The van der Waals surface area contributed by atoms with Crippen molar-refractivity contribution in [3.8, 4) is 0 Å². The summed E-state index contributed by atoms with van der Waals surface area (Å²) < 4.78 is 30.9. The minimum absolute atomic E-state index is 0. The number of hydrogen-bond donors (Lipinski definition) is 2. The number of guanidine groups is 1. The van der Waals surface area contributed by atoms with Gasteiger partial charge in [-0.25, -0.2) is 8.42 Å². The molecule has 1 aromatic rings. The van der Waals surface area contributed by atoms with Crippen LogP contribution in [0.3, 0.4) is 0 Å². The Morgan fingerprint density at radius 1 is 1.38 bits per heavy atom. The normalized spacial score (nSPS) is 16.5. The molecule has 0 atom stereocenters. The lowest BCUT2D eigenvalue weighted by atomic mass is 10.1. The molecule has 1 aliphatic rings. The first-order valence-electron chi connectivity index (χ1n) is 7.72. The standard InChI is InChI=1S/C15H24N4O3S.HI/c1-2-13-4-3-5-14(12-13)18-15(16)17-6-11-23(20,21)19-7-9-22-10-8-19;/h3-5,12H,2,6-11H2,1H3,(H3,16,17,18);1H. The van der Waals surface area contributed by atoms with Crippen molar-refractivity contribution in [2.75, 3.05) is 43.9 Å². The van der Waals surface area contributed by atoms with Crippen LogP contribution < -0.4 is 11.1 Å². The second-order valence-corrected chi connectivity index (χ2v) is 7.36. The molecule has 1 saturated heterocycles. The van der Waals surface area contributed by atoms with Crippen molar-refractivity contribution in [2.24, 2.45) is 10.7 Å². The van der Waals surface area contributed by atoms with Crippen molar-refractivity contribution < 1.29 is 13.2 Å². The first-order chi connectivity index (χ1) is 11.0. The maximum Gasteiger partial charge on any atom is 0.216 e. The number of hydrogen-bond acceptors (Lipinski definition) is 4. The Bertz CT molecular complexity index is 646. The van der Waals surface area contributed by atoms with E-state index in [1.807, 2.05) is 24.3 Å². The molecule has 1 heterocycles. The number of halogens is 1. The largest absolute Gasteiger partial charge is 0.379 e. The lowest BCUT2D eigenvalue weighted by molar-refractivity contribution is 0.0731. The Kier molecular flexibility index (Phi) is 8.95. The average molecular weight is 468 g/mol. The molecule has 0 bridgehead atoms. The first-order valence-corrected chi connectivity index (χ1v) is 9.33. The lowest BCUT2D eigenvalue weighted by Crippen LogP contribution is -2.42. The lowest BCUT2D eigenvalue weighted by Gasteiger charge is -2.25. The van der Waals surface area contributed by atoms with Crippen molar-refractivity contribution in [1.82, 2.24) is 4.31 Å². The van der Waals surface area contributed by atoms with Gasteiger partial charge in [-0.1, -0.05) is 19.1 Å². The third-order valence-corrected chi connectivity index (χ3v) is 5.45. The molecular formula is C15H25IN4O3S. The zero-order valence-electron chi connectivity index (χ0n) is 13.8. The van der Waals surface area contributed by atoms with Gasteiger partial charge < -0.3 is 15.8 Å². The molecular weight excluding hydrogens is 443 g/mol. The van der Waals surface area contributed by atoms with Gasteiger partial charge in [0, 0.05) is 18.8 Å². The Labute approximate surface area is 160 Å². The number of anilines is 1. The summed E-state index contributed by atoms with van der Waals surface area (Å²) in [5, 5.41) is 2.98. The Balaban J connectivity index is 0.00000288. The van der Waals surface area contributed by atoms with Gasteiger partial charge in [0.05, 0.1) is 25.5 Å². The van der Waals surface area contributed by atoms with E-state index in [1.54, 1.807) is 0 Å². The van der Waals surface area contributed by atoms with E-state index in [2.05, 4.69) is 17.2 Å². The van der Waals surface area contributed by atoms with Gasteiger partial charge in [-0.05, 0) is 24.1 Å². The van der Waals surface area contributed by atoms with E-state index in [-0.39, 0.29) is 42.2 Å². The topological polar surface area (TPSA) is 97.0 Å². The Morgan fingerprint density at radius 3 is 2.75 bits per heavy atom. The van der Waals surface area contributed by atoms with Crippen molar-refractivity contribution in [2.45, 2.75) is 13.3 Å². The van der Waals surface area contributed by atoms with E-state index in [4.69, 9.17) is 10.5 Å². The molecule has 24 heavy (non-hydrogen) atoms. The second-order valence-electron chi connectivity index (χ2n) is 5.27. The van der Waals surface area contributed by atoms with Gasteiger partial charge in [-0.2, -0.15) is 4.31 Å². The van der Waals surface area contributed by atoms with Crippen LogP contribution >= 0.6 is 24.0 Å². The van der Waals surface area contributed by atoms with Crippen LogP contribution in [0.25, 0.3) is 0 Å². The quantitative estimate of drug-likeness (QED) is 0.372. The maximum atomic E-state index is 12.1. The molecule has 2 rings (SSSR count). The summed E-state index contributed by atoms with van der Waals surface area (Å²) in [4.78, 5) is 4.10. The molecule has 9 heteroatoms. The third kappa shape index (κ3) is 6.54. The van der Waals surface area contributed by atoms with Crippen LogP contribution in [0.15, 0.2) is 29.3 Å². The van der Waals surface area contributed by atoms with Gasteiger partial charge in [0.2, 0.25) is 10.0 Å². The molecule has 0 saturated carbocycles. The number of ether oxygens (including phenoxy) is 1. The highest BCUT2D eigenvalue weighted by atomic mass is 127. The molecule has 0 aliphatic carbocycles. The van der Waals surface area contributed by atoms with Crippen LogP contribution in [0, 0.1) is 0 Å². The summed E-state index contributed by atoms with van der Waals surface area (Å²) in [6, 6.07) is 7.86. The van der Waals surface area contributed by atoms with Crippen molar-refractivity contribution in [1.29, 1.82) is 0 Å². The molecule has 1 aliphatic heterocycles. The number of benzene rings is 1. The summed E-state index contributed by atoms with van der Waals surface area (Å²) >= 11 is 0. The summed E-state index contributed by atoms with van der Waals surface area (Å²) in [5.41, 5.74) is 7.86. The minimum Gasteiger partial charge on any atom is -0.379 e. The van der Waals surface area contributed by atoms with Gasteiger partial charge in [0.1, 0.15) is 0 Å². The molecule has 1 fully saturated rings. The van der Waals surface area contributed by atoms with Crippen molar-refractivity contribution >= 4 is 45.6 Å². The van der Waals surface area contributed by atoms with E-state index in [0.29, 0.717) is 26.3 Å². The van der Waals surface area contributed by atoms with Crippen molar-refractivity contribution in [3.63, 3.8) is 0 Å². The molecule has 0 aromatic heterocycles. The van der Waals surface area contributed by atoms with E-state index >= 15 is 0 Å². The third-order valence-electron chi connectivity index (χ3n) is 3.60. The van der Waals surface area contributed by atoms with Crippen LogP contribution in [-0.4, -0.2) is 57.3 Å².